The average molecular weight is 207 g/mol. The van der Waals surface area contributed by atoms with Gasteiger partial charge in [0.25, 0.3) is 0 Å². The van der Waals surface area contributed by atoms with Crippen molar-refractivity contribution in [3.63, 3.8) is 0 Å². The number of benzene rings is 1. The van der Waals surface area contributed by atoms with Gasteiger partial charge in [-0.05, 0) is 24.1 Å². The standard InChI is InChI=1S/C10H9NO2S/c1-2-6-4-9(14)8(10(12)13)3-7(6)5-11/h3-4,14H,2H2,1H3,(H,12,13). The number of aryl methyl sites for hydroxylation is 1. The Morgan fingerprint density at radius 1 is 1.64 bits per heavy atom. The number of rotatable bonds is 2. The Labute approximate surface area is 87.4 Å². The predicted molar refractivity (Wildman–Crippen MR) is 54.7 cm³/mol. The highest BCUT2D eigenvalue weighted by molar-refractivity contribution is 7.80. The zero-order valence-corrected chi connectivity index (χ0v) is 8.51. The van der Waals surface area contributed by atoms with Crippen molar-refractivity contribution < 1.29 is 9.90 Å². The molecule has 72 valence electrons. The third-order valence-corrected chi connectivity index (χ3v) is 2.32. The lowest BCUT2D eigenvalue weighted by Gasteiger charge is -2.05. The summed E-state index contributed by atoms with van der Waals surface area (Å²) in [6.07, 6.45) is 0.691. The van der Waals surface area contributed by atoms with Gasteiger partial charge >= 0.3 is 5.97 Å². The smallest absolute Gasteiger partial charge is 0.336 e. The van der Waals surface area contributed by atoms with Crippen LogP contribution in [0.5, 0.6) is 0 Å². The minimum Gasteiger partial charge on any atom is -0.478 e. The number of nitriles is 1. The summed E-state index contributed by atoms with van der Waals surface area (Å²) in [7, 11) is 0. The van der Waals surface area contributed by atoms with Crippen LogP contribution in [0, 0.1) is 11.3 Å². The van der Waals surface area contributed by atoms with E-state index < -0.39 is 5.97 Å². The Morgan fingerprint density at radius 3 is 2.71 bits per heavy atom. The molecule has 1 rings (SSSR count). The van der Waals surface area contributed by atoms with Crippen molar-refractivity contribution in [1.29, 1.82) is 5.26 Å². The van der Waals surface area contributed by atoms with Gasteiger partial charge < -0.3 is 5.11 Å². The van der Waals surface area contributed by atoms with Crippen molar-refractivity contribution in [2.75, 3.05) is 0 Å². The number of thiol groups is 1. The van der Waals surface area contributed by atoms with E-state index in [1.54, 1.807) is 6.07 Å². The van der Waals surface area contributed by atoms with Crippen LogP contribution in [-0.4, -0.2) is 11.1 Å². The molecule has 0 atom stereocenters. The number of carboxylic acid groups (broad SMARTS) is 1. The zero-order chi connectivity index (χ0) is 10.7. The first-order chi connectivity index (χ1) is 6.60. The minimum atomic E-state index is -1.06. The van der Waals surface area contributed by atoms with E-state index in [2.05, 4.69) is 12.6 Å². The maximum absolute atomic E-state index is 10.7. The van der Waals surface area contributed by atoms with E-state index in [1.807, 2.05) is 13.0 Å². The Morgan fingerprint density at radius 2 is 2.29 bits per heavy atom. The molecule has 0 amide bonds. The summed E-state index contributed by atoms with van der Waals surface area (Å²) >= 11 is 4.06. The van der Waals surface area contributed by atoms with E-state index in [1.165, 1.54) is 6.07 Å². The lowest BCUT2D eigenvalue weighted by molar-refractivity contribution is 0.0693. The average Bonchev–Trinajstić information content (AvgIpc) is 2.16. The van der Waals surface area contributed by atoms with Crippen molar-refractivity contribution in [1.82, 2.24) is 0 Å². The fourth-order valence-corrected chi connectivity index (χ4v) is 1.52. The molecule has 0 aliphatic heterocycles. The number of carboxylic acids is 1. The van der Waals surface area contributed by atoms with Crippen LogP contribution in [0.4, 0.5) is 0 Å². The van der Waals surface area contributed by atoms with Gasteiger partial charge in [-0.1, -0.05) is 6.92 Å². The summed E-state index contributed by atoms with van der Waals surface area (Å²) in [6.45, 7) is 1.91. The van der Waals surface area contributed by atoms with Crippen LogP contribution in [0.2, 0.25) is 0 Å². The topological polar surface area (TPSA) is 61.1 Å². The Kier molecular flexibility index (Phi) is 3.15. The first-order valence-corrected chi connectivity index (χ1v) is 4.54. The van der Waals surface area contributed by atoms with E-state index in [0.717, 1.165) is 5.56 Å². The molecule has 0 aliphatic carbocycles. The van der Waals surface area contributed by atoms with E-state index in [0.29, 0.717) is 16.9 Å². The van der Waals surface area contributed by atoms with Crippen molar-refractivity contribution in [2.45, 2.75) is 18.2 Å². The number of aromatic carboxylic acids is 1. The molecule has 0 aromatic heterocycles. The number of hydrogen-bond acceptors (Lipinski definition) is 3. The van der Waals surface area contributed by atoms with Gasteiger partial charge in [-0.3, -0.25) is 0 Å². The second-order valence-corrected chi connectivity index (χ2v) is 3.28. The van der Waals surface area contributed by atoms with Crippen LogP contribution >= 0.6 is 12.6 Å². The summed E-state index contributed by atoms with van der Waals surface area (Å²) in [5, 5.41) is 17.6. The molecule has 1 aromatic carbocycles. The van der Waals surface area contributed by atoms with Gasteiger partial charge in [0.1, 0.15) is 0 Å². The van der Waals surface area contributed by atoms with Gasteiger partial charge in [-0.25, -0.2) is 4.79 Å². The highest BCUT2D eigenvalue weighted by Crippen LogP contribution is 2.20. The summed E-state index contributed by atoms with van der Waals surface area (Å²) in [5.41, 5.74) is 1.30. The van der Waals surface area contributed by atoms with Gasteiger partial charge in [0.05, 0.1) is 17.2 Å². The SMILES string of the molecule is CCc1cc(S)c(C(=O)O)cc1C#N. The van der Waals surface area contributed by atoms with Crippen LogP contribution in [0.15, 0.2) is 17.0 Å². The molecular formula is C10H9NO2S. The lowest BCUT2D eigenvalue weighted by Crippen LogP contribution is -2.01. The third-order valence-electron chi connectivity index (χ3n) is 1.95. The second-order valence-electron chi connectivity index (χ2n) is 2.80. The largest absolute Gasteiger partial charge is 0.478 e. The molecule has 0 fully saturated rings. The molecule has 4 heteroatoms. The molecule has 0 unspecified atom stereocenters. The summed E-state index contributed by atoms with van der Waals surface area (Å²) in [6, 6.07) is 4.97. The van der Waals surface area contributed by atoms with Crippen LogP contribution < -0.4 is 0 Å². The van der Waals surface area contributed by atoms with Crippen LogP contribution in [-0.2, 0) is 6.42 Å². The molecule has 0 heterocycles. The monoisotopic (exact) mass is 207 g/mol. The lowest BCUT2D eigenvalue weighted by atomic mass is 10.0. The fourth-order valence-electron chi connectivity index (χ4n) is 1.20. The summed E-state index contributed by atoms with van der Waals surface area (Å²) in [5.74, 6) is -1.06. The molecular weight excluding hydrogens is 198 g/mol. The molecule has 0 saturated carbocycles. The van der Waals surface area contributed by atoms with Crippen LogP contribution in [0.3, 0.4) is 0 Å². The highest BCUT2D eigenvalue weighted by Gasteiger charge is 2.11. The van der Waals surface area contributed by atoms with Gasteiger partial charge in [-0.15, -0.1) is 12.6 Å². The van der Waals surface area contributed by atoms with Crippen molar-refractivity contribution in [2.24, 2.45) is 0 Å². The zero-order valence-electron chi connectivity index (χ0n) is 7.61. The normalized spacial score (nSPS) is 9.50. The van der Waals surface area contributed by atoms with Crippen molar-refractivity contribution >= 4 is 18.6 Å². The molecule has 0 spiro atoms. The Bertz CT molecular complexity index is 421. The molecule has 1 aromatic rings. The van der Waals surface area contributed by atoms with E-state index in [9.17, 15) is 4.79 Å². The quantitative estimate of drug-likeness (QED) is 0.730. The predicted octanol–water partition coefficient (Wildman–Crippen LogP) is 2.11. The van der Waals surface area contributed by atoms with Gasteiger partial charge in [0.15, 0.2) is 0 Å². The van der Waals surface area contributed by atoms with E-state index in [-0.39, 0.29) is 5.56 Å². The molecule has 1 N–H and O–H groups in total. The van der Waals surface area contributed by atoms with Crippen LogP contribution in [0.25, 0.3) is 0 Å². The van der Waals surface area contributed by atoms with Gasteiger partial charge in [-0.2, -0.15) is 5.26 Å². The molecule has 0 aliphatic rings. The third kappa shape index (κ3) is 1.88. The van der Waals surface area contributed by atoms with Gasteiger partial charge in [0.2, 0.25) is 0 Å². The van der Waals surface area contributed by atoms with Crippen molar-refractivity contribution in [3.05, 3.63) is 28.8 Å². The molecule has 0 radical (unpaired) electrons. The maximum Gasteiger partial charge on any atom is 0.336 e. The summed E-state index contributed by atoms with van der Waals surface area (Å²) in [4.78, 5) is 11.1. The number of nitrogens with zero attached hydrogens (tertiary/aromatic N) is 1. The van der Waals surface area contributed by atoms with Crippen molar-refractivity contribution in [3.8, 4) is 6.07 Å². The first-order valence-electron chi connectivity index (χ1n) is 4.09. The molecule has 3 nitrogen and oxygen atoms in total. The molecule has 14 heavy (non-hydrogen) atoms. The van der Waals surface area contributed by atoms with E-state index in [4.69, 9.17) is 10.4 Å². The van der Waals surface area contributed by atoms with E-state index >= 15 is 0 Å². The highest BCUT2D eigenvalue weighted by atomic mass is 32.1. The maximum atomic E-state index is 10.7. The molecule has 0 saturated heterocycles. The number of hydrogen-bond donors (Lipinski definition) is 2. The van der Waals surface area contributed by atoms with Crippen LogP contribution in [0.1, 0.15) is 28.4 Å². The molecule has 0 bridgehead atoms. The summed E-state index contributed by atoms with van der Waals surface area (Å²) < 4.78 is 0. The first kappa shape index (κ1) is 10.6. The Balaban J connectivity index is 3.40. The second kappa shape index (κ2) is 4.16. The minimum absolute atomic E-state index is 0.0714. The van der Waals surface area contributed by atoms with Gasteiger partial charge in [0, 0.05) is 4.90 Å². The fraction of sp³-hybridized carbons (Fsp3) is 0.200. The number of carbonyl (C=O) groups is 1. The Hall–Kier alpha value is -1.47.